The normalized spacial score (nSPS) is 10.3. The molecule has 3 rings (SSSR count). The number of aromatic nitrogens is 1. The van der Waals surface area contributed by atoms with Gasteiger partial charge in [0.2, 0.25) is 0 Å². The van der Waals surface area contributed by atoms with E-state index >= 15 is 0 Å². The molecule has 2 N–H and O–H groups in total. The summed E-state index contributed by atoms with van der Waals surface area (Å²) < 4.78 is 0. The molecule has 1 amide bonds. The first-order valence-corrected chi connectivity index (χ1v) is 7.80. The van der Waals surface area contributed by atoms with Crippen molar-refractivity contribution in [3.05, 3.63) is 95.8 Å². The van der Waals surface area contributed by atoms with Crippen LogP contribution in [0.2, 0.25) is 0 Å². The van der Waals surface area contributed by atoms with Crippen LogP contribution in [0.4, 0.5) is 5.69 Å². The van der Waals surface area contributed by atoms with Gasteiger partial charge in [-0.05, 0) is 29.3 Å². The maximum atomic E-state index is 13.0. The Morgan fingerprint density at radius 1 is 0.875 bits per heavy atom. The lowest BCUT2D eigenvalue weighted by atomic mass is 10.1. The Hall–Kier alpha value is -3.14. The summed E-state index contributed by atoms with van der Waals surface area (Å²) in [5.74, 6) is -0.0826. The zero-order valence-corrected chi connectivity index (χ0v) is 13.3. The minimum atomic E-state index is -0.0826. The Morgan fingerprint density at radius 3 is 2.25 bits per heavy atom. The fourth-order valence-corrected chi connectivity index (χ4v) is 2.58. The molecule has 0 unspecified atom stereocenters. The number of carbonyl (C=O) groups excluding carboxylic acids is 1. The number of benzene rings is 2. The number of carbonyl (C=O) groups is 1. The van der Waals surface area contributed by atoms with E-state index in [1.165, 1.54) is 0 Å². The second kappa shape index (κ2) is 7.42. The second-order valence-corrected chi connectivity index (χ2v) is 5.60. The second-order valence-electron chi connectivity index (χ2n) is 5.60. The van der Waals surface area contributed by atoms with Gasteiger partial charge in [-0.25, -0.2) is 0 Å². The molecule has 0 aliphatic heterocycles. The van der Waals surface area contributed by atoms with Crippen LogP contribution in [0, 0.1) is 0 Å². The first kappa shape index (κ1) is 15.7. The number of hydrogen-bond donors (Lipinski definition) is 1. The predicted molar refractivity (Wildman–Crippen MR) is 95.1 cm³/mol. The van der Waals surface area contributed by atoms with Crippen LogP contribution in [0.25, 0.3) is 0 Å². The molecule has 24 heavy (non-hydrogen) atoms. The molecule has 0 fully saturated rings. The lowest BCUT2D eigenvalue weighted by molar-refractivity contribution is 0.0731. The molecular formula is C20H19N3O. The molecule has 4 nitrogen and oxygen atoms in total. The van der Waals surface area contributed by atoms with E-state index in [4.69, 9.17) is 5.73 Å². The van der Waals surface area contributed by atoms with Crippen LogP contribution in [-0.2, 0) is 13.1 Å². The SMILES string of the molecule is Nc1ccccc1C(=O)N(Cc1ccccc1)Cc1cccnc1. The molecule has 120 valence electrons. The van der Waals surface area contributed by atoms with Gasteiger partial charge in [-0.15, -0.1) is 0 Å². The monoisotopic (exact) mass is 317 g/mol. The lowest BCUT2D eigenvalue weighted by Crippen LogP contribution is -2.30. The Kier molecular flexibility index (Phi) is 4.87. The maximum absolute atomic E-state index is 13.0. The van der Waals surface area contributed by atoms with Gasteiger partial charge < -0.3 is 10.6 Å². The molecule has 0 atom stereocenters. The summed E-state index contributed by atoms with van der Waals surface area (Å²) in [7, 11) is 0. The summed E-state index contributed by atoms with van der Waals surface area (Å²) in [6.07, 6.45) is 3.50. The zero-order chi connectivity index (χ0) is 16.8. The number of anilines is 1. The highest BCUT2D eigenvalue weighted by Crippen LogP contribution is 2.18. The smallest absolute Gasteiger partial charge is 0.256 e. The standard InChI is InChI=1S/C20H19N3O/c21-19-11-5-4-10-18(19)20(24)23(14-16-7-2-1-3-8-16)15-17-9-6-12-22-13-17/h1-13H,14-15,21H2. The van der Waals surface area contributed by atoms with Gasteiger partial charge in [0, 0.05) is 31.2 Å². The number of nitrogen functional groups attached to an aromatic ring is 1. The summed E-state index contributed by atoms with van der Waals surface area (Å²) in [5, 5.41) is 0. The molecule has 0 aliphatic carbocycles. The van der Waals surface area contributed by atoms with E-state index in [0.717, 1.165) is 11.1 Å². The highest BCUT2D eigenvalue weighted by molar-refractivity contribution is 5.99. The van der Waals surface area contributed by atoms with E-state index in [1.807, 2.05) is 54.6 Å². The highest BCUT2D eigenvalue weighted by Gasteiger charge is 2.18. The molecule has 0 saturated carbocycles. The van der Waals surface area contributed by atoms with Crippen molar-refractivity contribution in [3.8, 4) is 0 Å². The molecule has 1 heterocycles. The third kappa shape index (κ3) is 3.79. The van der Waals surface area contributed by atoms with Crippen LogP contribution in [0.1, 0.15) is 21.5 Å². The molecular weight excluding hydrogens is 298 g/mol. The first-order valence-electron chi connectivity index (χ1n) is 7.80. The molecule has 1 aromatic heterocycles. The van der Waals surface area contributed by atoms with E-state index in [9.17, 15) is 4.79 Å². The molecule has 0 saturated heterocycles. The number of pyridine rings is 1. The average Bonchev–Trinajstić information content (AvgIpc) is 2.63. The highest BCUT2D eigenvalue weighted by atomic mass is 16.2. The van der Waals surface area contributed by atoms with Crippen molar-refractivity contribution in [2.45, 2.75) is 13.1 Å². The third-order valence-electron chi connectivity index (χ3n) is 3.79. The van der Waals surface area contributed by atoms with Gasteiger partial charge in [-0.1, -0.05) is 48.5 Å². The summed E-state index contributed by atoms with van der Waals surface area (Å²) in [4.78, 5) is 18.9. The minimum absolute atomic E-state index is 0.0826. The van der Waals surface area contributed by atoms with Crippen LogP contribution >= 0.6 is 0 Å². The Morgan fingerprint density at radius 2 is 1.54 bits per heavy atom. The van der Waals surface area contributed by atoms with Crippen molar-refractivity contribution in [2.75, 3.05) is 5.73 Å². The summed E-state index contributed by atoms with van der Waals surface area (Å²) in [6, 6.07) is 20.9. The zero-order valence-electron chi connectivity index (χ0n) is 13.3. The molecule has 3 aromatic rings. The van der Waals surface area contributed by atoms with Crippen LogP contribution < -0.4 is 5.73 Å². The van der Waals surface area contributed by atoms with Crippen LogP contribution in [0.5, 0.6) is 0 Å². The predicted octanol–water partition coefficient (Wildman–Crippen LogP) is 3.51. The Labute approximate surface area is 141 Å². The van der Waals surface area contributed by atoms with Gasteiger partial charge >= 0.3 is 0 Å². The Balaban J connectivity index is 1.89. The van der Waals surface area contributed by atoms with E-state index in [-0.39, 0.29) is 5.91 Å². The largest absolute Gasteiger partial charge is 0.398 e. The number of nitrogens with zero attached hydrogens (tertiary/aromatic N) is 2. The molecule has 0 radical (unpaired) electrons. The topological polar surface area (TPSA) is 59.2 Å². The van der Waals surface area contributed by atoms with Gasteiger partial charge in [0.15, 0.2) is 0 Å². The van der Waals surface area contributed by atoms with Crippen molar-refractivity contribution in [2.24, 2.45) is 0 Å². The maximum Gasteiger partial charge on any atom is 0.256 e. The molecule has 0 bridgehead atoms. The first-order chi connectivity index (χ1) is 11.7. The summed E-state index contributed by atoms with van der Waals surface area (Å²) in [6.45, 7) is 0.999. The number of para-hydroxylation sites is 1. The van der Waals surface area contributed by atoms with Crippen LogP contribution in [-0.4, -0.2) is 15.8 Å². The number of rotatable bonds is 5. The fraction of sp³-hybridized carbons (Fsp3) is 0.100. The van der Waals surface area contributed by atoms with E-state index in [1.54, 1.807) is 29.4 Å². The molecule has 4 heteroatoms. The quantitative estimate of drug-likeness (QED) is 0.733. The number of amides is 1. The molecule has 2 aromatic carbocycles. The van der Waals surface area contributed by atoms with Crippen molar-refractivity contribution in [1.29, 1.82) is 0 Å². The third-order valence-corrected chi connectivity index (χ3v) is 3.79. The average molecular weight is 317 g/mol. The van der Waals surface area contributed by atoms with Crippen molar-refractivity contribution < 1.29 is 4.79 Å². The van der Waals surface area contributed by atoms with Gasteiger partial charge in [-0.3, -0.25) is 9.78 Å². The number of nitrogens with two attached hydrogens (primary N) is 1. The van der Waals surface area contributed by atoms with Crippen molar-refractivity contribution >= 4 is 11.6 Å². The fourth-order valence-electron chi connectivity index (χ4n) is 2.58. The molecule has 0 aliphatic rings. The van der Waals surface area contributed by atoms with E-state index in [2.05, 4.69) is 4.98 Å². The van der Waals surface area contributed by atoms with Crippen LogP contribution in [0.15, 0.2) is 79.1 Å². The minimum Gasteiger partial charge on any atom is -0.398 e. The number of hydrogen-bond acceptors (Lipinski definition) is 3. The van der Waals surface area contributed by atoms with Crippen LogP contribution in [0.3, 0.4) is 0 Å². The van der Waals surface area contributed by atoms with Crippen molar-refractivity contribution in [3.63, 3.8) is 0 Å². The van der Waals surface area contributed by atoms with Gasteiger partial charge in [0.1, 0.15) is 0 Å². The summed E-state index contributed by atoms with van der Waals surface area (Å²) >= 11 is 0. The van der Waals surface area contributed by atoms with Gasteiger partial charge in [0.25, 0.3) is 5.91 Å². The van der Waals surface area contributed by atoms with Crippen molar-refractivity contribution in [1.82, 2.24) is 9.88 Å². The van der Waals surface area contributed by atoms with Gasteiger partial charge in [-0.2, -0.15) is 0 Å². The molecule has 0 spiro atoms. The Bertz CT molecular complexity index is 762. The summed E-state index contributed by atoms with van der Waals surface area (Å²) in [5.41, 5.74) is 9.06. The van der Waals surface area contributed by atoms with E-state index in [0.29, 0.717) is 24.3 Å². The van der Waals surface area contributed by atoms with Gasteiger partial charge in [0.05, 0.1) is 5.56 Å². The lowest BCUT2D eigenvalue weighted by Gasteiger charge is -2.23. The van der Waals surface area contributed by atoms with E-state index < -0.39 is 0 Å².